The smallest absolute Gasteiger partial charge is 0.146 e. The summed E-state index contributed by atoms with van der Waals surface area (Å²) in [5.41, 5.74) is 1.78. The van der Waals surface area contributed by atoms with Crippen molar-refractivity contribution in [3.8, 4) is 0 Å². The fourth-order valence-corrected chi connectivity index (χ4v) is 1.96. The van der Waals surface area contributed by atoms with E-state index >= 15 is 0 Å². The summed E-state index contributed by atoms with van der Waals surface area (Å²) >= 11 is 5.74. The molecular weight excluding hydrogens is 239 g/mol. The molecule has 0 radical (unpaired) electrons. The van der Waals surface area contributed by atoms with Gasteiger partial charge < -0.3 is 9.88 Å². The van der Waals surface area contributed by atoms with E-state index in [1.165, 1.54) is 5.56 Å². The van der Waals surface area contributed by atoms with Crippen molar-refractivity contribution in [2.24, 2.45) is 0 Å². The zero-order chi connectivity index (χ0) is 12.3. The summed E-state index contributed by atoms with van der Waals surface area (Å²) in [5.74, 6) is -0.335. The molecule has 90 valence electrons. The summed E-state index contributed by atoms with van der Waals surface area (Å²) in [7, 11) is 1.90. The lowest BCUT2D eigenvalue weighted by atomic mass is 10.2. The van der Waals surface area contributed by atoms with Gasteiger partial charge in [0.2, 0.25) is 0 Å². The molecule has 0 unspecified atom stereocenters. The van der Waals surface area contributed by atoms with Crippen LogP contribution in [-0.2, 0) is 13.1 Å². The van der Waals surface area contributed by atoms with Gasteiger partial charge in [0, 0.05) is 31.0 Å². The molecule has 4 heteroatoms. The van der Waals surface area contributed by atoms with Crippen LogP contribution < -0.4 is 5.32 Å². The van der Waals surface area contributed by atoms with Crippen molar-refractivity contribution in [2.45, 2.75) is 13.1 Å². The van der Waals surface area contributed by atoms with Crippen LogP contribution in [0, 0.1) is 5.82 Å². The Hall–Kier alpha value is -1.32. The van der Waals surface area contributed by atoms with Gasteiger partial charge in [-0.3, -0.25) is 0 Å². The van der Waals surface area contributed by atoms with Crippen LogP contribution in [0.5, 0.6) is 0 Å². The van der Waals surface area contributed by atoms with Crippen molar-refractivity contribution in [2.75, 3.05) is 7.05 Å². The number of nitrogens with zero attached hydrogens (tertiary/aromatic N) is 1. The molecule has 0 amide bonds. The van der Waals surface area contributed by atoms with Crippen LogP contribution in [0.25, 0.3) is 0 Å². The fourth-order valence-electron chi connectivity index (χ4n) is 1.76. The molecule has 0 saturated heterocycles. The van der Waals surface area contributed by atoms with Crippen molar-refractivity contribution < 1.29 is 4.39 Å². The molecular formula is C13H14ClFN2. The molecule has 2 nitrogen and oxygen atoms in total. The average molecular weight is 253 g/mol. The highest BCUT2D eigenvalue weighted by Gasteiger charge is 2.06. The van der Waals surface area contributed by atoms with Crippen LogP contribution in [0.1, 0.15) is 11.1 Å². The van der Waals surface area contributed by atoms with Gasteiger partial charge in [-0.15, -0.1) is 0 Å². The third kappa shape index (κ3) is 2.87. The zero-order valence-corrected chi connectivity index (χ0v) is 10.3. The van der Waals surface area contributed by atoms with Crippen molar-refractivity contribution in [3.05, 3.63) is 58.6 Å². The Morgan fingerprint density at radius 2 is 2.18 bits per heavy atom. The number of nitrogens with one attached hydrogen (secondary N) is 1. The molecule has 1 aromatic carbocycles. The van der Waals surface area contributed by atoms with Crippen molar-refractivity contribution in [1.82, 2.24) is 9.88 Å². The highest BCUT2D eigenvalue weighted by Crippen LogP contribution is 2.19. The molecule has 1 heterocycles. The van der Waals surface area contributed by atoms with E-state index in [9.17, 15) is 4.39 Å². The second kappa shape index (κ2) is 5.34. The molecule has 0 fully saturated rings. The van der Waals surface area contributed by atoms with Crippen molar-refractivity contribution in [3.63, 3.8) is 0 Å². The fraction of sp³-hybridized carbons (Fsp3) is 0.231. The second-order valence-electron chi connectivity index (χ2n) is 3.94. The first-order valence-electron chi connectivity index (χ1n) is 5.43. The maximum atomic E-state index is 13.7. The normalized spacial score (nSPS) is 10.8. The molecule has 1 aromatic heterocycles. The Morgan fingerprint density at radius 1 is 1.35 bits per heavy atom. The van der Waals surface area contributed by atoms with Gasteiger partial charge in [0.25, 0.3) is 0 Å². The summed E-state index contributed by atoms with van der Waals surface area (Å²) in [5, 5.41) is 3.24. The lowest BCUT2D eigenvalue weighted by Gasteiger charge is -2.05. The largest absolute Gasteiger partial charge is 0.349 e. The minimum absolute atomic E-state index is 0.171. The Bertz CT molecular complexity index is 508. The number of aromatic nitrogens is 1. The lowest BCUT2D eigenvalue weighted by molar-refractivity contribution is 0.600. The second-order valence-corrected chi connectivity index (χ2v) is 4.34. The summed E-state index contributed by atoms with van der Waals surface area (Å²) in [4.78, 5) is 0. The van der Waals surface area contributed by atoms with Gasteiger partial charge in [-0.05, 0) is 24.7 Å². The highest BCUT2D eigenvalue weighted by atomic mass is 35.5. The van der Waals surface area contributed by atoms with Crippen LogP contribution in [0.2, 0.25) is 5.02 Å². The molecule has 0 atom stereocenters. The van der Waals surface area contributed by atoms with Crippen LogP contribution in [-0.4, -0.2) is 11.6 Å². The summed E-state index contributed by atoms with van der Waals surface area (Å²) in [6, 6.07) is 7.08. The number of hydrogen-bond acceptors (Lipinski definition) is 1. The van der Waals surface area contributed by atoms with E-state index in [0.717, 1.165) is 6.54 Å². The zero-order valence-electron chi connectivity index (χ0n) is 9.58. The molecule has 17 heavy (non-hydrogen) atoms. The minimum atomic E-state index is -0.335. The Kier molecular flexibility index (Phi) is 3.82. The third-order valence-electron chi connectivity index (χ3n) is 2.58. The van der Waals surface area contributed by atoms with E-state index < -0.39 is 0 Å². The van der Waals surface area contributed by atoms with Crippen molar-refractivity contribution in [1.29, 1.82) is 0 Å². The first-order valence-corrected chi connectivity index (χ1v) is 5.80. The maximum absolute atomic E-state index is 13.7. The van der Waals surface area contributed by atoms with E-state index in [0.29, 0.717) is 12.1 Å². The van der Waals surface area contributed by atoms with E-state index in [2.05, 4.69) is 5.32 Å². The number of halogens is 2. The van der Waals surface area contributed by atoms with Crippen LogP contribution in [0.15, 0.2) is 36.7 Å². The average Bonchev–Trinajstić information content (AvgIpc) is 2.73. The Labute approximate surface area is 105 Å². The van der Waals surface area contributed by atoms with Crippen LogP contribution in [0.4, 0.5) is 4.39 Å². The van der Waals surface area contributed by atoms with E-state index in [-0.39, 0.29) is 10.8 Å². The third-order valence-corrected chi connectivity index (χ3v) is 2.87. The number of rotatable bonds is 4. The van der Waals surface area contributed by atoms with Gasteiger partial charge >= 0.3 is 0 Å². The Morgan fingerprint density at radius 3 is 2.94 bits per heavy atom. The maximum Gasteiger partial charge on any atom is 0.146 e. The van der Waals surface area contributed by atoms with Gasteiger partial charge in [0.05, 0.1) is 5.02 Å². The molecule has 0 aliphatic heterocycles. The lowest BCUT2D eigenvalue weighted by Crippen LogP contribution is -2.04. The Balaban J connectivity index is 2.16. The number of benzene rings is 1. The van der Waals surface area contributed by atoms with Crippen molar-refractivity contribution >= 4 is 11.6 Å². The van der Waals surface area contributed by atoms with E-state index in [4.69, 9.17) is 11.6 Å². The summed E-state index contributed by atoms with van der Waals surface area (Å²) in [6.07, 6.45) is 3.93. The monoisotopic (exact) mass is 252 g/mol. The SMILES string of the molecule is CNCc1ccn(Cc2cccc(Cl)c2F)c1. The topological polar surface area (TPSA) is 17.0 Å². The summed E-state index contributed by atoms with van der Waals surface area (Å²) in [6.45, 7) is 1.31. The standard InChI is InChI=1S/C13H14ClFN2/c1-16-7-10-5-6-17(8-10)9-11-3-2-4-12(14)13(11)15/h2-6,8,16H,7,9H2,1H3. The molecule has 0 spiro atoms. The quantitative estimate of drug-likeness (QED) is 0.885. The van der Waals surface area contributed by atoms with E-state index in [1.54, 1.807) is 18.2 Å². The predicted octanol–water partition coefficient (Wildman–Crippen LogP) is 3.05. The molecule has 1 N–H and O–H groups in total. The first kappa shape index (κ1) is 12.1. The molecule has 2 aromatic rings. The molecule has 0 aliphatic carbocycles. The molecule has 2 rings (SSSR count). The van der Waals surface area contributed by atoms with Gasteiger partial charge in [0.15, 0.2) is 0 Å². The van der Waals surface area contributed by atoms with Gasteiger partial charge in [-0.2, -0.15) is 0 Å². The number of hydrogen-bond donors (Lipinski definition) is 1. The van der Waals surface area contributed by atoms with Gasteiger partial charge in [-0.1, -0.05) is 23.7 Å². The van der Waals surface area contributed by atoms with Crippen LogP contribution >= 0.6 is 11.6 Å². The minimum Gasteiger partial charge on any atom is -0.349 e. The van der Waals surface area contributed by atoms with E-state index in [1.807, 2.05) is 30.1 Å². The summed E-state index contributed by atoms with van der Waals surface area (Å²) < 4.78 is 15.6. The van der Waals surface area contributed by atoms with Gasteiger partial charge in [0.1, 0.15) is 5.82 Å². The van der Waals surface area contributed by atoms with Gasteiger partial charge in [-0.25, -0.2) is 4.39 Å². The van der Waals surface area contributed by atoms with Crippen LogP contribution in [0.3, 0.4) is 0 Å². The predicted molar refractivity (Wildman–Crippen MR) is 67.7 cm³/mol. The molecule has 0 bridgehead atoms. The molecule has 0 saturated carbocycles. The first-order chi connectivity index (χ1) is 8.20. The highest BCUT2D eigenvalue weighted by molar-refractivity contribution is 6.30. The molecule has 0 aliphatic rings.